The third kappa shape index (κ3) is 4.59. The van der Waals surface area contributed by atoms with Crippen LogP contribution in [0.3, 0.4) is 0 Å². The number of hydrogen-bond acceptors (Lipinski definition) is 2. The molecule has 0 saturated heterocycles. The number of likely N-dealkylation sites (N-methyl/N-ethyl adjacent to an activating group) is 1. The van der Waals surface area contributed by atoms with Crippen molar-refractivity contribution in [3.8, 4) is 0 Å². The third-order valence-corrected chi connectivity index (χ3v) is 6.44. The Morgan fingerprint density at radius 1 is 1.00 bits per heavy atom. The van der Waals surface area contributed by atoms with E-state index in [2.05, 4.69) is 107 Å². The maximum Gasteiger partial charge on any atom is 0.0565 e. The molecule has 2 aromatic rings. The number of anilines is 2. The zero-order valence-electron chi connectivity index (χ0n) is 15.8. The number of nitrogens with one attached hydrogen (secondary N) is 1. The van der Waals surface area contributed by atoms with Gasteiger partial charge in [-0.25, -0.2) is 0 Å². The van der Waals surface area contributed by atoms with Crippen molar-refractivity contribution < 1.29 is 0 Å². The van der Waals surface area contributed by atoms with Gasteiger partial charge < -0.3 is 10.2 Å². The number of halogens is 2. The van der Waals surface area contributed by atoms with Crippen molar-refractivity contribution in [2.75, 3.05) is 17.3 Å². The molecule has 0 bridgehead atoms. The Bertz CT molecular complexity index is 883. The predicted octanol–water partition coefficient (Wildman–Crippen LogP) is 6.73. The number of benzene rings is 2. The molecule has 1 unspecified atom stereocenters. The molecular weight excluding hydrogens is 558 g/mol. The number of rotatable bonds is 5. The average molecular weight is 582 g/mol. The van der Waals surface area contributed by atoms with Gasteiger partial charge in [-0.3, -0.25) is 0 Å². The first-order chi connectivity index (χ1) is 12.9. The van der Waals surface area contributed by atoms with Crippen molar-refractivity contribution in [2.45, 2.75) is 25.3 Å². The molecule has 27 heavy (non-hydrogen) atoms. The molecule has 0 saturated carbocycles. The number of allylic oxidation sites excluding steroid dienone is 4. The van der Waals surface area contributed by atoms with E-state index >= 15 is 0 Å². The van der Waals surface area contributed by atoms with Crippen LogP contribution in [0.5, 0.6) is 0 Å². The zero-order valence-corrected chi connectivity index (χ0v) is 20.1. The Hall–Kier alpha value is -1.28. The summed E-state index contributed by atoms with van der Waals surface area (Å²) < 4.78 is 2.65. The van der Waals surface area contributed by atoms with Gasteiger partial charge >= 0.3 is 0 Å². The highest BCUT2D eigenvalue weighted by Crippen LogP contribution is 2.47. The standard InChI is InChI=1S/C23H24I2N2/c1-23(2)21(27(3)20-16-17(24)15-19(25)22(20)23)13-9-4-5-10-14-26-18-11-7-6-8-12-18/h4-16,21,26H,1-3H3/b5-4+,13-9+,14-10+. The highest BCUT2D eigenvalue weighted by molar-refractivity contribution is 14.1. The zero-order chi connectivity index (χ0) is 19.4. The summed E-state index contributed by atoms with van der Waals surface area (Å²) in [6.07, 6.45) is 12.6. The van der Waals surface area contributed by atoms with E-state index < -0.39 is 0 Å². The Morgan fingerprint density at radius 3 is 2.44 bits per heavy atom. The Kier molecular flexibility index (Phi) is 6.68. The van der Waals surface area contributed by atoms with Crippen LogP contribution in [-0.4, -0.2) is 13.1 Å². The summed E-state index contributed by atoms with van der Waals surface area (Å²) >= 11 is 4.88. The minimum absolute atomic E-state index is 0.0833. The molecule has 0 spiro atoms. The number of nitrogens with zero attached hydrogens (tertiary/aromatic N) is 1. The predicted molar refractivity (Wildman–Crippen MR) is 135 cm³/mol. The monoisotopic (exact) mass is 582 g/mol. The maximum atomic E-state index is 3.25. The van der Waals surface area contributed by atoms with Gasteiger partial charge in [-0.05, 0) is 81.1 Å². The van der Waals surface area contributed by atoms with Crippen molar-refractivity contribution in [3.63, 3.8) is 0 Å². The van der Waals surface area contributed by atoms with Gasteiger partial charge in [-0.15, -0.1) is 0 Å². The van der Waals surface area contributed by atoms with Gasteiger partial charge in [0.05, 0.1) is 6.04 Å². The number of hydrogen-bond donors (Lipinski definition) is 1. The topological polar surface area (TPSA) is 15.3 Å². The molecule has 3 rings (SSSR count). The fourth-order valence-corrected chi connectivity index (χ4v) is 6.17. The summed E-state index contributed by atoms with van der Waals surface area (Å²) in [7, 11) is 2.20. The number of fused-ring (bicyclic) bond motifs is 1. The van der Waals surface area contributed by atoms with Crippen molar-refractivity contribution in [1.29, 1.82) is 0 Å². The second kappa shape index (κ2) is 8.82. The van der Waals surface area contributed by atoms with Crippen molar-refractivity contribution >= 4 is 56.6 Å². The molecule has 2 aromatic carbocycles. The fraction of sp³-hybridized carbons (Fsp3) is 0.217. The van der Waals surface area contributed by atoms with E-state index in [-0.39, 0.29) is 5.41 Å². The molecule has 4 heteroatoms. The lowest BCUT2D eigenvalue weighted by molar-refractivity contribution is 0.486. The lowest BCUT2D eigenvalue weighted by Gasteiger charge is -2.29. The molecule has 0 aliphatic carbocycles. The summed E-state index contributed by atoms with van der Waals surface area (Å²) in [6, 6.07) is 15.1. The van der Waals surface area contributed by atoms with Gasteiger partial charge in [-0.2, -0.15) is 0 Å². The molecule has 0 fully saturated rings. The molecule has 0 radical (unpaired) electrons. The van der Waals surface area contributed by atoms with E-state index in [1.54, 1.807) is 0 Å². The Labute approximate surface area is 189 Å². The van der Waals surface area contributed by atoms with Crippen molar-refractivity contribution in [1.82, 2.24) is 0 Å². The van der Waals surface area contributed by atoms with Gasteiger partial charge in [0, 0.05) is 37.2 Å². The van der Waals surface area contributed by atoms with Crippen LogP contribution in [0, 0.1) is 7.14 Å². The van der Waals surface area contributed by atoms with Gasteiger partial charge in [0.1, 0.15) is 0 Å². The summed E-state index contributed by atoms with van der Waals surface area (Å²) in [5, 5.41) is 3.25. The van der Waals surface area contributed by atoms with E-state index in [0.29, 0.717) is 6.04 Å². The molecule has 1 N–H and O–H groups in total. The number of para-hydroxylation sites is 1. The minimum atomic E-state index is 0.0833. The van der Waals surface area contributed by atoms with E-state index in [4.69, 9.17) is 0 Å². The first kappa shape index (κ1) is 20.5. The molecule has 1 heterocycles. The summed E-state index contributed by atoms with van der Waals surface area (Å²) in [5.74, 6) is 0. The molecule has 1 aliphatic heterocycles. The highest BCUT2D eigenvalue weighted by atomic mass is 127. The van der Waals surface area contributed by atoms with Gasteiger partial charge in [0.15, 0.2) is 0 Å². The lowest BCUT2D eigenvalue weighted by atomic mass is 9.80. The summed E-state index contributed by atoms with van der Waals surface area (Å²) in [6.45, 7) is 4.68. The summed E-state index contributed by atoms with van der Waals surface area (Å²) in [5.41, 5.74) is 3.98. The van der Waals surface area contributed by atoms with Crippen LogP contribution in [0.15, 0.2) is 79.0 Å². The van der Waals surface area contributed by atoms with Crippen LogP contribution < -0.4 is 10.2 Å². The molecule has 0 aromatic heterocycles. The van der Waals surface area contributed by atoms with Crippen molar-refractivity contribution in [2.24, 2.45) is 0 Å². The molecule has 1 atom stereocenters. The minimum Gasteiger partial charge on any atom is -0.367 e. The maximum absolute atomic E-state index is 3.25. The quantitative estimate of drug-likeness (QED) is 0.311. The SMILES string of the molecule is CN1c2cc(I)cc(I)c2C(C)(C)C1/C=C/C=C/C=C/Nc1ccccc1. The van der Waals surface area contributed by atoms with Crippen LogP contribution in [0.2, 0.25) is 0 Å². The first-order valence-electron chi connectivity index (χ1n) is 8.95. The second-order valence-electron chi connectivity index (χ2n) is 7.20. The van der Waals surface area contributed by atoms with Crippen molar-refractivity contribution in [3.05, 3.63) is 91.7 Å². The molecule has 140 valence electrons. The molecule has 2 nitrogen and oxygen atoms in total. The third-order valence-electron chi connectivity index (χ3n) is 4.96. The fourth-order valence-electron chi connectivity index (χ4n) is 3.66. The average Bonchev–Trinajstić information content (AvgIpc) is 2.81. The molecule has 0 amide bonds. The van der Waals surface area contributed by atoms with Crippen LogP contribution >= 0.6 is 45.2 Å². The largest absolute Gasteiger partial charge is 0.367 e. The lowest BCUT2D eigenvalue weighted by Crippen LogP contribution is -2.37. The Morgan fingerprint density at radius 2 is 1.70 bits per heavy atom. The van der Waals surface area contributed by atoms with E-state index in [9.17, 15) is 0 Å². The van der Waals surface area contributed by atoms with Gasteiger partial charge in [0.2, 0.25) is 0 Å². The van der Waals surface area contributed by atoms with E-state index in [1.165, 1.54) is 18.4 Å². The molecular formula is C23H24I2N2. The van der Waals surface area contributed by atoms with Crippen LogP contribution in [0.25, 0.3) is 0 Å². The van der Waals surface area contributed by atoms with E-state index in [0.717, 1.165) is 5.69 Å². The van der Waals surface area contributed by atoms with Gasteiger partial charge in [-0.1, -0.05) is 56.4 Å². The highest BCUT2D eigenvalue weighted by Gasteiger charge is 2.43. The van der Waals surface area contributed by atoms with E-state index in [1.807, 2.05) is 48.7 Å². The smallest absolute Gasteiger partial charge is 0.0565 e. The normalized spacial score (nSPS) is 18.7. The molecule has 1 aliphatic rings. The first-order valence-corrected chi connectivity index (χ1v) is 11.1. The van der Waals surface area contributed by atoms with Crippen LogP contribution in [0.1, 0.15) is 19.4 Å². The summed E-state index contributed by atoms with van der Waals surface area (Å²) in [4.78, 5) is 2.40. The van der Waals surface area contributed by atoms with Crippen LogP contribution in [-0.2, 0) is 5.41 Å². The second-order valence-corrected chi connectivity index (χ2v) is 9.61. The Balaban J connectivity index is 1.66. The van der Waals surface area contributed by atoms with Gasteiger partial charge in [0.25, 0.3) is 0 Å². The van der Waals surface area contributed by atoms with Crippen LogP contribution in [0.4, 0.5) is 11.4 Å².